The van der Waals surface area contributed by atoms with Crippen LogP contribution in [0.3, 0.4) is 0 Å². The van der Waals surface area contributed by atoms with Crippen LogP contribution in [0.4, 0.5) is 0 Å². The van der Waals surface area contributed by atoms with Crippen molar-refractivity contribution in [2.45, 2.75) is 38.5 Å². The van der Waals surface area contributed by atoms with Crippen LogP contribution in [-0.2, 0) is 6.42 Å². The molecule has 3 rings (SSSR count). The molecule has 1 atom stereocenters. The summed E-state index contributed by atoms with van der Waals surface area (Å²) >= 11 is 6.34. The van der Waals surface area contributed by atoms with Crippen molar-refractivity contribution in [2.24, 2.45) is 0 Å². The highest BCUT2D eigenvalue weighted by Gasteiger charge is 2.28. The van der Waals surface area contributed by atoms with Gasteiger partial charge < -0.3 is 9.64 Å². The van der Waals surface area contributed by atoms with Crippen molar-refractivity contribution >= 4 is 11.6 Å². The smallest absolute Gasteiger partial charge is 0.137 e. The lowest BCUT2D eigenvalue weighted by Gasteiger charge is -2.24. The molecule has 114 valence electrons. The number of nitrogens with zero attached hydrogens (tertiary/aromatic N) is 1. The summed E-state index contributed by atoms with van der Waals surface area (Å²) in [5.74, 6) is 1.31. The van der Waals surface area contributed by atoms with Crippen LogP contribution in [-0.4, -0.2) is 32.1 Å². The molecule has 0 saturated heterocycles. The molecule has 0 bridgehead atoms. The first-order chi connectivity index (χ1) is 10.1. The highest BCUT2D eigenvalue weighted by atomic mass is 35.5. The van der Waals surface area contributed by atoms with Gasteiger partial charge in [0, 0.05) is 19.0 Å². The van der Waals surface area contributed by atoms with Gasteiger partial charge in [0.25, 0.3) is 0 Å². The van der Waals surface area contributed by atoms with E-state index in [0.717, 1.165) is 30.3 Å². The topological polar surface area (TPSA) is 12.5 Å². The van der Waals surface area contributed by atoms with Crippen LogP contribution in [0.1, 0.15) is 43.2 Å². The fraction of sp³-hybridized carbons (Fsp3) is 0.556. The number of methoxy groups -OCH3 is 1. The van der Waals surface area contributed by atoms with Gasteiger partial charge in [0.05, 0.1) is 12.1 Å². The Labute approximate surface area is 132 Å². The summed E-state index contributed by atoms with van der Waals surface area (Å²) in [7, 11) is 3.92. The van der Waals surface area contributed by atoms with Crippen LogP contribution in [0.2, 0.25) is 5.02 Å². The highest BCUT2D eigenvalue weighted by molar-refractivity contribution is 6.32. The second-order valence-corrected chi connectivity index (χ2v) is 6.82. The van der Waals surface area contributed by atoms with Crippen LogP contribution in [0.25, 0.3) is 0 Å². The molecule has 1 unspecified atom stereocenters. The van der Waals surface area contributed by atoms with Gasteiger partial charge in [-0.2, -0.15) is 0 Å². The monoisotopic (exact) mass is 305 g/mol. The van der Waals surface area contributed by atoms with E-state index in [1.54, 1.807) is 18.3 Å². The standard InChI is InChI=1S/C18H24ClNO/c1-12-5-4-6-14(12)16-11-20(2)8-7-13-9-17(19)18(21-3)10-15(13)16/h9-10,16H,4-8,11H2,1-3H3. The highest BCUT2D eigenvalue weighted by Crippen LogP contribution is 2.42. The molecule has 2 nitrogen and oxygen atoms in total. The van der Waals surface area contributed by atoms with E-state index in [1.807, 2.05) is 0 Å². The molecule has 1 aliphatic carbocycles. The second kappa shape index (κ2) is 6.02. The summed E-state index contributed by atoms with van der Waals surface area (Å²) in [6.07, 6.45) is 4.88. The maximum absolute atomic E-state index is 6.34. The molecule has 0 aromatic heterocycles. The van der Waals surface area contributed by atoms with Gasteiger partial charge in [0.1, 0.15) is 5.75 Å². The Morgan fingerprint density at radius 2 is 2.05 bits per heavy atom. The van der Waals surface area contributed by atoms with E-state index in [0.29, 0.717) is 5.92 Å². The Kier molecular flexibility index (Phi) is 4.28. The molecule has 2 aliphatic rings. The summed E-state index contributed by atoms with van der Waals surface area (Å²) < 4.78 is 5.45. The molecule has 0 amide bonds. The first kappa shape index (κ1) is 14.9. The van der Waals surface area contributed by atoms with Crippen molar-refractivity contribution in [2.75, 3.05) is 27.2 Å². The first-order valence-corrected chi connectivity index (χ1v) is 8.21. The molecule has 0 spiro atoms. The average molecular weight is 306 g/mol. The Hall–Kier alpha value is -0.990. The van der Waals surface area contributed by atoms with Crippen LogP contribution >= 0.6 is 11.6 Å². The molecular formula is C18H24ClNO. The Morgan fingerprint density at radius 3 is 2.71 bits per heavy atom. The largest absolute Gasteiger partial charge is 0.495 e. The van der Waals surface area contributed by atoms with Gasteiger partial charge in [-0.05, 0) is 62.9 Å². The molecule has 1 heterocycles. The average Bonchev–Trinajstić information content (AvgIpc) is 2.82. The Morgan fingerprint density at radius 1 is 1.24 bits per heavy atom. The van der Waals surface area contributed by atoms with Crippen molar-refractivity contribution in [3.8, 4) is 5.75 Å². The predicted molar refractivity (Wildman–Crippen MR) is 88.5 cm³/mol. The number of rotatable bonds is 2. The van der Waals surface area contributed by atoms with Gasteiger partial charge in [-0.1, -0.05) is 22.7 Å². The normalized spacial score (nSPS) is 23.1. The SMILES string of the molecule is COc1cc2c(cc1Cl)CCN(C)CC2C1=C(C)CCC1. The predicted octanol–water partition coefficient (Wildman–Crippen LogP) is 4.42. The van der Waals surface area contributed by atoms with E-state index in [2.05, 4.69) is 31.0 Å². The van der Waals surface area contributed by atoms with Gasteiger partial charge >= 0.3 is 0 Å². The van der Waals surface area contributed by atoms with E-state index in [1.165, 1.54) is 30.4 Å². The van der Waals surface area contributed by atoms with E-state index >= 15 is 0 Å². The van der Waals surface area contributed by atoms with E-state index in [-0.39, 0.29) is 0 Å². The summed E-state index contributed by atoms with van der Waals surface area (Å²) in [6, 6.07) is 4.30. The van der Waals surface area contributed by atoms with Crippen molar-refractivity contribution in [1.82, 2.24) is 4.90 Å². The minimum Gasteiger partial charge on any atom is -0.495 e. The third-order valence-corrected chi connectivity index (χ3v) is 5.31. The third-order valence-electron chi connectivity index (χ3n) is 5.01. The van der Waals surface area contributed by atoms with Gasteiger partial charge in [-0.3, -0.25) is 0 Å². The van der Waals surface area contributed by atoms with E-state index < -0.39 is 0 Å². The molecule has 0 N–H and O–H groups in total. The zero-order chi connectivity index (χ0) is 15.0. The molecule has 0 radical (unpaired) electrons. The molecule has 1 aromatic rings. The molecule has 21 heavy (non-hydrogen) atoms. The summed E-state index contributed by atoms with van der Waals surface area (Å²) in [4.78, 5) is 2.45. The molecule has 0 saturated carbocycles. The Bertz CT molecular complexity index is 579. The van der Waals surface area contributed by atoms with Gasteiger partial charge in [-0.25, -0.2) is 0 Å². The summed E-state index contributed by atoms with van der Waals surface area (Å²) in [6.45, 7) is 4.50. The van der Waals surface area contributed by atoms with Crippen LogP contribution in [0.15, 0.2) is 23.3 Å². The molecular weight excluding hydrogens is 282 g/mol. The van der Waals surface area contributed by atoms with Crippen LogP contribution in [0, 0.1) is 0 Å². The summed E-state index contributed by atoms with van der Waals surface area (Å²) in [5.41, 5.74) is 6.06. The quantitative estimate of drug-likeness (QED) is 0.750. The second-order valence-electron chi connectivity index (χ2n) is 6.41. The first-order valence-electron chi connectivity index (χ1n) is 7.83. The van der Waals surface area contributed by atoms with Gasteiger partial charge in [0.2, 0.25) is 0 Å². The third kappa shape index (κ3) is 2.84. The fourth-order valence-electron chi connectivity index (χ4n) is 3.81. The number of fused-ring (bicyclic) bond motifs is 1. The maximum Gasteiger partial charge on any atom is 0.137 e. The lowest BCUT2D eigenvalue weighted by atomic mass is 9.86. The number of hydrogen-bond acceptors (Lipinski definition) is 2. The molecule has 3 heteroatoms. The molecule has 1 aromatic carbocycles. The van der Waals surface area contributed by atoms with Gasteiger partial charge in [-0.15, -0.1) is 0 Å². The number of hydrogen-bond donors (Lipinski definition) is 0. The van der Waals surface area contributed by atoms with Crippen molar-refractivity contribution in [3.63, 3.8) is 0 Å². The number of benzene rings is 1. The van der Waals surface area contributed by atoms with Crippen molar-refractivity contribution in [1.29, 1.82) is 0 Å². The maximum atomic E-state index is 6.34. The fourth-order valence-corrected chi connectivity index (χ4v) is 4.07. The zero-order valence-corrected chi connectivity index (χ0v) is 14.0. The lowest BCUT2D eigenvalue weighted by molar-refractivity contribution is 0.335. The number of allylic oxidation sites excluding steroid dienone is 1. The summed E-state index contributed by atoms with van der Waals surface area (Å²) in [5, 5.41) is 0.733. The van der Waals surface area contributed by atoms with Gasteiger partial charge in [0.15, 0.2) is 0 Å². The molecule has 1 aliphatic heterocycles. The number of likely N-dealkylation sites (N-methyl/N-ethyl adjacent to an activating group) is 1. The molecule has 0 fully saturated rings. The minimum atomic E-state index is 0.501. The minimum absolute atomic E-state index is 0.501. The van der Waals surface area contributed by atoms with E-state index in [9.17, 15) is 0 Å². The van der Waals surface area contributed by atoms with Crippen LogP contribution in [0.5, 0.6) is 5.75 Å². The van der Waals surface area contributed by atoms with Crippen molar-refractivity contribution in [3.05, 3.63) is 39.4 Å². The van der Waals surface area contributed by atoms with Crippen molar-refractivity contribution < 1.29 is 4.74 Å². The Balaban J connectivity index is 2.10. The number of halogens is 1. The van der Waals surface area contributed by atoms with Crippen LogP contribution < -0.4 is 4.74 Å². The lowest BCUT2D eigenvalue weighted by Crippen LogP contribution is -2.24. The zero-order valence-electron chi connectivity index (χ0n) is 13.2. The number of ether oxygens (including phenoxy) is 1. The van der Waals surface area contributed by atoms with E-state index in [4.69, 9.17) is 16.3 Å².